The highest BCUT2D eigenvalue weighted by Gasteiger charge is 2.29. The predicted octanol–water partition coefficient (Wildman–Crippen LogP) is 1.96. The Morgan fingerprint density at radius 2 is 2.00 bits per heavy atom. The molecule has 0 fully saturated rings. The molecule has 1 aliphatic heterocycles. The van der Waals surface area contributed by atoms with Crippen molar-refractivity contribution in [2.75, 3.05) is 18.1 Å². The normalized spacial score (nSPS) is 14.2. The molecule has 6 nitrogen and oxygen atoms in total. The number of nitrogens with zero attached hydrogens (tertiary/aromatic N) is 1. The van der Waals surface area contributed by atoms with Crippen molar-refractivity contribution < 1.29 is 23.9 Å². The number of amides is 1. The number of ketones is 1. The molecule has 6 heteroatoms. The molecule has 0 atom stereocenters. The largest absolute Gasteiger partial charge is 0.482 e. The van der Waals surface area contributed by atoms with Crippen molar-refractivity contribution in [3.8, 4) is 5.75 Å². The first-order valence-corrected chi connectivity index (χ1v) is 6.97. The molecule has 0 aliphatic carbocycles. The summed E-state index contributed by atoms with van der Waals surface area (Å²) in [6, 6.07) is 4.81. The molecule has 118 valence electrons. The van der Waals surface area contributed by atoms with Gasteiger partial charge in [0.15, 0.2) is 12.4 Å². The minimum absolute atomic E-state index is 0.127. The number of hydrogen-bond donors (Lipinski definition) is 0. The number of benzene rings is 1. The molecule has 0 unspecified atom stereocenters. The number of ether oxygens (including phenoxy) is 2. The molecule has 0 aromatic heterocycles. The van der Waals surface area contributed by atoms with Crippen molar-refractivity contribution in [1.29, 1.82) is 0 Å². The summed E-state index contributed by atoms with van der Waals surface area (Å²) in [5.74, 6) is -0.521. The Morgan fingerprint density at radius 1 is 1.32 bits per heavy atom. The van der Waals surface area contributed by atoms with E-state index < -0.39 is 11.6 Å². The molecule has 1 aromatic rings. The van der Waals surface area contributed by atoms with E-state index in [0.717, 1.165) is 0 Å². The number of Topliss-reactive ketones (excluding diaryl/α,β-unsaturated/α-hetero) is 1. The van der Waals surface area contributed by atoms with Gasteiger partial charge in [-0.3, -0.25) is 19.3 Å². The van der Waals surface area contributed by atoms with E-state index in [-0.39, 0.29) is 24.8 Å². The average molecular weight is 305 g/mol. The van der Waals surface area contributed by atoms with Gasteiger partial charge >= 0.3 is 5.97 Å². The van der Waals surface area contributed by atoms with Crippen LogP contribution in [0.15, 0.2) is 18.2 Å². The molecule has 0 saturated heterocycles. The Morgan fingerprint density at radius 3 is 2.59 bits per heavy atom. The molecule has 1 aromatic carbocycles. The van der Waals surface area contributed by atoms with Crippen LogP contribution in [0, 0.1) is 0 Å². The molecule has 0 saturated carbocycles. The molecular formula is C16H19NO5. The van der Waals surface area contributed by atoms with E-state index in [9.17, 15) is 14.4 Å². The van der Waals surface area contributed by atoms with Gasteiger partial charge in [-0.2, -0.15) is 0 Å². The lowest BCUT2D eigenvalue weighted by Gasteiger charge is -2.30. The van der Waals surface area contributed by atoms with E-state index in [1.165, 1.54) is 11.8 Å². The van der Waals surface area contributed by atoms with Crippen LogP contribution in [0.1, 0.15) is 38.1 Å². The fourth-order valence-electron chi connectivity index (χ4n) is 2.10. The van der Waals surface area contributed by atoms with Gasteiger partial charge in [0.25, 0.3) is 5.91 Å². The third-order valence-electron chi connectivity index (χ3n) is 3.02. The highest BCUT2D eigenvalue weighted by atomic mass is 16.6. The Hall–Kier alpha value is -2.37. The van der Waals surface area contributed by atoms with Gasteiger partial charge in [0.05, 0.1) is 5.69 Å². The topological polar surface area (TPSA) is 72.9 Å². The van der Waals surface area contributed by atoms with E-state index in [2.05, 4.69) is 0 Å². The van der Waals surface area contributed by atoms with Crippen molar-refractivity contribution >= 4 is 23.3 Å². The highest BCUT2D eigenvalue weighted by molar-refractivity contribution is 6.03. The maximum absolute atomic E-state index is 12.0. The fraction of sp³-hybridized carbons (Fsp3) is 0.438. The number of carbonyl (C=O) groups is 3. The van der Waals surface area contributed by atoms with E-state index >= 15 is 0 Å². The van der Waals surface area contributed by atoms with Crippen LogP contribution in [0.3, 0.4) is 0 Å². The van der Waals surface area contributed by atoms with Crippen LogP contribution in [-0.4, -0.2) is 36.4 Å². The first kappa shape index (κ1) is 16.0. The molecule has 0 radical (unpaired) electrons. The lowest BCUT2D eigenvalue weighted by molar-refractivity contribution is -0.153. The molecule has 1 amide bonds. The summed E-state index contributed by atoms with van der Waals surface area (Å²) in [5.41, 5.74) is 0.234. The zero-order chi connectivity index (χ0) is 16.5. The lowest BCUT2D eigenvalue weighted by Crippen LogP contribution is -2.43. The first-order chi connectivity index (χ1) is 10.2. The number of rotatable bonds is 3. The number of anilines is 1. The second kappa shape index (κ2) is 5.79. The van der Waals surface area contributed by atoms with Crippen molar-refractivity contribution in [3.05, 3.63) is 23.8 Å². The molecule has 2 rings (SSSR count). The smallest absolute Gasteiger partial charge is 0.326 e. The quantitative estimate of drug-likeness (QED) is 0.630. The van der Waals surface area contributed by atoms with Gasteiger partial charge in [-0.1, -0.05) is 0 Å². The van der Waals surface area contributed by atoms with Crippen LogP contribution in [0.25, 0.3) is 0 Å². The van der Waals surface area contributed by atoms with Crippen LogP contribution >= 0.6 is 0 Å². The second-order valence-corrected chi connectivity index (χ2v) is 6.09. The van der Waals surface area contributed by atoms with Crippen LogP contribution in [0.2, 0.25) is 0 Å². The molecule has 22 heavy (non-hydrogen) atoms. The Balaban J connectivity index is 2.29. The minimum atomic E-state index is -0.628. The van der Waals surface area contributed by atoms with Crippen molar-refractivity contribution in [2.24, 2.45) is 0 Å². The van der Waals surface area contributed by atoms with Crippen LogP contribution in [0.4, 0.5) is 5.69 Å². The third kappa shape index (κ3) is 3.63. The summed E-state index contributed by atoms with van der Waals surface area (Å²) >= 11 is 0. The molecule has 1 heterocycles. The Kier molecular flexibility index (Phi) is 4.21. The average Bonchev–Trinajstić information content (AvgIpc) is 2.39. The van der Waals surface area contributed by atoms with Crippen LogP contribution < -0.4 is 9.64 Å². The van der Waals surface area contributed by atoms with E-state index in [1.807, 2.05) is 0 Å². The highest BCUT2D eigenvalue weighted by Crippen LogP contribution is 2.33. The minimum Gasteiger partial charge on any atom is -0.482 e. The van der Waals surface area contributed by atoms with Crippen LogP contribution in [0.5, 0.6) is 5.75 Å². The van der Waals surface area contributed by atoms with Crippen molar-refractivity contribution in [1.82, 2.24) is 0 Å². The Bertz CT molecular complexity index is 630. The number of carbonyl (C=O) groups excluding carboxylic acids is 3. The molecule has 0 spiro atoms. The number of fused-ring (bicyclic) bond motifs is 1. The van der Waals surface area contributed by atoms with E-state index in [4.69, 9.17) is 9.47 Å². The summed E-state index contributed by atoms with van der Waals surface area (Å²) in [6.45, 7) is 6.35. The van der Waals surface area contributed by atoms with Gasteiger partial charge in [-0.15, -0.1) is 0 Å². The summed E-state index contributed by atoms with van der Waals surface area (Å²) < 4.78 is 10.6. The van der Waals surface area contributed by atoms with E-state index in [0.29, 0.717) is 17.0 Å². The summed E-state index contributed by atoms with van der Waals surface area (Å²) in [5, 5.41) is 0. The number of esters is 1. The SMILES string of the molecule is CC(=O)c1ccc2c(c1)N(CC(=O)OC(C)(C)C)C(=O)CO2. The van der Waals surface area contributed by atoms with Gasteiger partial charge in [-0.05, 0) is 45.9 Å². The second-order valence-electron chi connectivity index (χ2n) is 6.09. The van der Waals surface area contributed by atoms with Gasteiger partial charge < -0.3 is 9.47 Å². The summed E-state index contributed by atoms with van der Waals surface area (Å²) in [4.78, 5) is 36.8. The number of hydrogen-bond acceptors (Lipinski definition) is 5. The molecule has 1 aliphatic rings. The zero-order valence-electron chi connectivity index (χ0n) is 13.1. The third-order valence-corrected chi connectivity index (χ3v) is 3.02. The van der Waals surface area contributed by atoms with Gasteiger partial charge in [-0.25, -0.2) is 0 Å². The summed E-state index contributed by atoms with van der Waals surface area (Å²) in [6.07, 6.45) is 0. The van der Waals surface area contributed by atoms with E-state index in [1.54, 1.807) is 39.0 Å². The van der Waals surface area contributed by atoms with Crippen LogP contribution in [-0.2, 0) is 14.3 Å². The first-order valence-electron chi connectivity index (χ1n) is 6.97. The van der Waals surface area contributed by atoms with Gasteiger partial charge in [0.1, 0.15) is 17.9 Å². The maximum Gasteiger partial charge on any atom is 0.326 e. The fourth-order valence-corrected chi connectivity index (χ4v) is 2.10. The zero-order valence-corrected chi connectivity index (χ0v) is 13.1. The lowest BCUT2D eigenvalue weighted by atomic mass is 10.1. The Labute approximate surface area is 129 Å². The van der Waals surface area contributed by atoms with Gasteiger partial charge in [0.2, 0.25) is 0 Å². The van der Waals surface area contributed by atoms with Gasteiger partial charge in [0, 0.05) is 5.56 Å². The standard InChI is InChI=1S/C16H19NO5/c1-10(18)11-5-6-13-12(7-11)17(14(19)9-21-13)8-15(20)22-16(2,3)4/h5-7H,8-9H2,1-4H3. The van der Waals surface area contributed by atoms with Crippen molar-refractivity contribution in [2.45, 2.75) is 33.3 Å². The van der Waals surface area contributed by atoms with Crippen molar-refractivity contribution in [3.63, 3.8) is 0 Å². The predicted molar refractivity (Wildman–Crippen MR) is 80.1 cm³/mol. The maximum atomic E-state index is 12.0. The molecule has 0 bridgehead atoms. The summed E-state index contributed by atoms with van der Waals surface area (Å²) in [7, 11) is 0. The molecule has 0 N–H and O–H groups in total. The molecular weight excluding hydrogens is 286 g/mol. The monoisotopic (exact) mass is 305 g/mol.